The predicted molar refractivity (Wildman–Crippen MR) is 60.8 cm³/mol. The Balaban J connectivity index is 2.53. The van der Waals surface area contributed by atoms with Gasteiger partial charge in [0, 0.05) is 24.5 Å². The molecular formula is C9H16N4OS. The monoisotopic (exact) mass is 228 g/mol. The summed E-state index contributed by atoms with van der Waals surface area (Å²) in [5.74, 6) is 0.495. The molecule has 3 N–H and O–H groups in total. The Labute approximate surface area is 93.3 Å². The molecule has 0 fully saturated rings. The number of anilines is 1. The largest absolute Gasteiger partial charge is 0.369 e. The number of hydrogen-bond donors (Lipinski definition) is 2. The Morgan fingerprint density at radius 3 is 2.73 bits per heavy atom. The number of nitrogens with two attached hydrogens (primary N) is 1. The third kappa shape index (κ3) is 3.16. The minimum absolute atomic E-state index is 0.324. The first-order valence-electron chi connectivity index (χ1n) is 4.82. The maximum Gasteiger partial charge on any atom is 0.224 e. The average Bonchev–Trinajstić information content (AvgIpc) is 2.62. The molecule has 0 saturated heterocycles. The van der Waals surface area contributed by atoms with Crippen LogP contribution < -0.4 is 11.1 Å². The van der Waals surface area contributed by atoms with Crippen LogP contribution in [0.5, 0.6) is 0 Å². The molecular weight excluding hydrogens is 212 g/mol. The smallest absolute Gasteiger partial charge is 0.224 e. The van der Waals surface area contributed by atoms with E-state index in [2.05, 4.69) is 14.7 Å². The lowest BCUT2D eigenvalue weighted by atomic mass is 9.93. The van der Waals surface area contributed by atoms with Gasteiger partial charge in [-0.3, -0.25) is 4.79 Å². The first-order valence-corrected chi connectivity index (χ1v) is 5.59. The molecule has 0 saturated carbocycles. The van der Waals surface area contributed by atoms with E-state index in [1.54, 1.807) is 13.8 Å². The van der Waals surface area contributed by atoms with Crippen LogP contribution in [0.1, 0.15) is 26.6 Å². The molecule has 0 unspecified atom stereocenters. The van der Waals surface area contributed by atoms with E-state index in [4.69, 9.17) is 5.73 Å². The van der Waals surface area contributed by atoms with Gasteiger partial charge in [0.25, 0.3) is 0 Å². The number of primary amides is 1. The Morgan fingerprint density at radius 1 is 1.60 bits per heavy atom. The third-order valence-electron chi connectivity index (χ3n) is 2.13. The van der Waals surface area contributed by atoms with Crippen molar-refractivity contribution < 1.29 is 4.79 Å². The second-order valence-electron chi connectivity index (χ2n) is 3.97. The molecule has 0 radical (unpaired) electrons. The predicted octanol–water partition coefficient (Wildman–Crippen LogP) is 1.02. The number of nitrogens with one attached hydrogen (secondary N) is 1. The van der Waals surface area contributed by atoms with Crippen molar-refractivity contribution in [1.82, 2.24) is 9.36 Å². The van der Waals surface area contributed by atoms with Gasteiger partial charge in [-0.15, -0.1) is 0 Å². The number of nitrogens with zero attached hydrogens (tertiary/aromatic N) is 2. The summed E-state index contributed by atoms with van der Waals surface area (Å²) in [5.41, 5.74) is 4.68. The van der Waals surface area contributed by atoms with Crippen LogP contribution >= 0.6 is 11.5 Å². The summed E-state index contributed by atoms with van der Waals surface area (Å²) in [7, 11) is 0. The highest BCUT2D eigenvalue weighted by molar-refractivity contribution is 7.09. The molecule has 1 aromatic rings. The van der Waals surface area contributed by atoms with Gasteiger partial charge in [0.2, 0.25) is 11.0 Å². The van der Waals surface area contributed by atoms with Crippen LogP contribution in [0.3, 0.4) is 0 Å². The standard InChI is InChI=1S/C9H16N4OS/c1-4-6-12-8(15-13-6)11-5-9(2,3)7(10)14/h4-5H2,1-3H3,(H2,10,14)(H,11,12,13). The van der Waals surface area contributed by atoms with E-state index in [-0.39, 0.29) is 5.91 Å². The summed E-state index contributed by atoms with van der Waals surface area (Å²) in [4.78, 5) is 15.3. The second kappa shape index (κ2) is 4.57. The summed E-state index contributed by atoms with van der Waals surface area (Å²) in [6.07, 6.45) is 0.817. The minimum Gasteiger partial charge on any atom is -0.369 e. The van der Waals surface area contributed by atoms with Crippen molar-refractivity contribution in [3.8, 4) is 0 Å². The van der Waals surface area contributed by atoms with Crippen molar-refractivity contribution in [1.29, 1.82) is 0 Å². The van der Waals surface area contributed by atoms with Crippen molar-refractivity contribution in [2.45, 2.75) is 27.2 Å². The van der Waals surface area contributed by atoms with Crippen LogP contribution in [0.25, 0.3) is 0 Å². The molecule has 1 rings (SSSR count). The molecule has 5 nitrogen and oxygen atoms in total. The molecule has 15 heavy (non-hydrogen) atoms. The molecule has 0 aromatic carbocycles. The van der Waals surface area contributed by atoms with E-state index >= 15 is 0 Å². The van der Waals surface area contributed by atoms with Gasteiger partial charge in [-0.1, -0.05) is 6.92 Å². The highest BCUT2D eigenvalue weighted by Crippen LogP contribution is 2.17. The number of carbonyl (C=O) groups excluding carboxylic acids is 1. The van der Waals surface area contributed by atoms with Gasteiger partial charge in [-0.2, -0.15) is 4.37 Å². The van der Waals surface area contributed by atoms with Gasteiger partial charge in [0.1, 0.15) is 5.82 Å². The zero-order valence-corrected chi connectivity index (χ0v) is 10.0. The number of carbonyl (C=O) groups is 1. The average molecular weight is 228 g/mol. The van der Waals surface area contributed by atoms with Crippen molar-refractivity contribution >= 4 is 22.6 Å². The fourth-order valence-electron chi connectivity index (χ4n) is 0.853. The highest BCUT2D eigenvalue weighted by Gasteiger charge is 2.24. The lowest BCUT2D eigenvalue weighted by Gasteiger charge is -2.19. The number of amides is 1. The lowest BCUT2D eigenvalue weighted by molar-refractivity contribution is -0.125. The van der Waals surface area contributed by atoms with E-state index in [1.165, 1.54) is 11.5 Å². The lowest BCUT2D eigenvalue weighted by Crippen LogP contribution is -2.37. The fraction of sp³-hybridized carbons (Fsp3) is 0.667. The first-order chi connectivity index (χ1) is 6.95. The van der Waals surface area contributed by atoms with Gasteiger partial charge in [0.05, 0.1) is 5.41 Å². The van der Waals surface area contributed by atoms with Gasteiger partial charge in [-0.05, 0) is 13.8 Å². The normalized spacial score (nSPS) is 11.4. The van der Waals surface area contributed by atoms with Crippen molar-refractivity contribution in [2.75, 3.05) is 11.9 Å². The van der Waals surface area contributed by atoms with E-state index in [0.29, 0.717) is 6.54 Å². The van der Waals surface area contributed by atoms with Gasteiger partial charge in [0.15, 0.2) is 0 Å². The number of aryl methyl sites for hydroxylation is 1. The zero-order chi connectivity index (χ0) is 11.5. The SMILES string of the molecule is CCc1nsc(NCC(C)(C)C(N)=O)n1. The topological polar surface area (TPSA) is 80.9 Å². The second-order valence-corrected chi connectivity index (χ2v) is 4.72. The van der Waals surface area contributed by atoms with Crippen molar-refractivity contribution in [3.63, 3.8) is 0 Å². The van der Waals surface area contributed by atoms with Gasteiger partial charge in [-0.25, -0.2) is 4.98 Å². The fourth-order valence-corrected chi connectivity index (χ4v) is 1.50. The van der Waals surface area contributed by atoms with E-state index in [0.717, 1.165) is 17.4 Å². The van der Waals surface area contributed by atoms with Crippen LogP contribution in [-0.2, 0) is 11.2 Å². The maximum absolute atomic E-state index is 11.1. The molecule has 1 amide bonds. The molecule has 0 spiro atoms. The van der Waals surface area contributed by atoms with Gasteiger partial charge >= 0.3 is 0 Å². The van der Waals surface area contributed by atoms with Crippen molar-refractivity contribution in [3.05, 3.63) is 5.82 Å². The zero-order valence-electron chi connectivity index (χ0n) is 9.20. The third-order valence-corrected chi connectivity index (χ3v) is 2.84. The Bertz CT molecular complexity index is 348. The van der Waals surface area contributed by atoms with E-state index in [1.807, 2.05) is 6.92 Å². The summed E-state index contributed by atoms with van der Waals surface area (Å²) >= 11 is 1.30. The van der Waals surface area contributed by atoms with E-state index < -0.39 is 5.41 Å². The molecule has 6 heteroatoms. The summed E-state index contributed by atoms with van der Waals surface area (Å²) in [5, 5.41) is 3.80. The molecule has 0 aliphatic rings. The highest BCUT2D eigenvalue weighted by atomic mass is 32.1. The summed E-state index contributed by atoms with van der Waals surface area (Å²) in [6, 6.07) is 0. The first kappa shape index (κ1) is 11.9. The van der Waals surface area contributed by atoms with Crippen LogP contribution in [0.4, 0.5) is 5.13 Å². The van der Waals surface area contributed by atoms with E-state index in [9.17, 15) is 4.79 Å². The minimum atomic E-state index is -0.571. The molecule has 1 aromatic heterocycles. The molecule has 1 heterocycles. The number of hydrogen-bond acceptors (Lipinski definition) is 5. The molecule has 0 bridgehead atoms. The van der Waals surface area contributed by atoms with Crippen LogP contribution in [0, 0.1) is 5.41 Å². The Hall–Kier alpha value is -1.17. The molecule has 0 aliphatic heterocycles. The molecule has 0 atom stereocenters. The van der Waals surface area contributed by atoms with Gasteiger partial charge < -0.3 is 11.1 Å². The van der Waals surface area contributed by atoms with Crippen LogP contribution in [0.2, 0.25) is 0 Å². The Kier molecular flexibility index (Phi) is 3.62. The Morgan fingerprint density at radius 2 is 2.27 bits per heavy atom. The summed E-state index contributed by atoms with van der Waals surface area (Å²) in [6.45, 7) is 6.06. The number of rotatable bonds is 5. The number of aromatic nitrogens is 2. The molecule has 84 valence electrons. The summed E-state index contributed by atoms with van der Waals surface area (Å²) < 4.78 is 4.13. The molecule has 0 aliphatic carbocycles. The quantitative estimate of drug-likeness (QED) is 0.788. The van der Waals surface area contributed by atoms with Crippen molar-refractivity contribution in [2.24, 2.45) is 11.1 Å². The van der Waals surface area contributed by atoms with Crippen LogP contribution in [-0.4, -0.2) is 21.8 Å². The maximum atomic E-state index is 11.1. The van der Waals surface area contributed by atoms with Crippen LogP contribution in [0.15, 0.2) is 0 Å².